The van der Waals surface area contributed by atoms with Crippen LogP contribution in [0.25, 0.3) is 0 Å². The highest BCUT2D eigenvalue weighted by Gasteiger charge is 2.64. The number of hydrogen-bond donors (Lipinski definition) is 0. The Morgan fingerprint density at radius 2 is 1.55 bits per heavy atom. The largest absolute Gasteiger partial charge is 0.493 e. The summed E-state index contributed by atoms with van der Waals surface area (Å²) in [6, 6.07) is 24.5. The molecule has 4 nitrogen and oxygen atoms in total. The monoisotopic (exact) mass is 403 g/mol. The van der Waals surface area contributed by atoms with Crippen LogP contribution in [0.3, 0.4) is 0 Å². The predicted molar refractivity (Wildman–Crippen MR) is 114 cm³/mol. The van der Waals surface area contributed by atoms with Gasteiger partial charge in [-0.1, -0.05) is 60.7 Å². The van der Waals surface area contributed by atoms with Crippen molar-refractivity contribution < 1.29 is 14.3 Å². The van der Waals surface area contributed by atoms with Crippen LogP contribution >= 0.6 is 11.8 Å². The summed E-state index contributed by atoms with van der Waals surface area (Å²) in [6.07, 6.45) is 0. The second-order valence-electron chi connectivity index (χ2n) is 7.22. The van der Waals surface area contributed by atoms with Crippen LogP contribution in [0, 0.1) is 0 Å². The molecule has 0 spiro atoms. The topological polar surface area (TPSA) is 38.8 Å². The number of amides is 1. The lowest BCUT2D eigenvalue weighted by molar-refractivity contribution is -0.157. The maximum Gasteiger partial charge on any atom is 0.234 e. The molecule has 0 aromatic heterocycles. The van der Waals surface area contributed by atoms with Crippen LogP contribution in [-0.2, 0) is 10.3 Å². The third-order valence-corrected chi connectivity index (χ3v) is 6.98. The highest BCUT2D eigenvalue weighted by atomic mass is 32.2. The highest BCUT2D eigenvalue weighted by Crippen LogP contribution is 2.61. The van der Waals surface area contributed by atoms with Crippen molar-refractivity contribution in [3.05, 3.63) is 89.5 Å². The molecule has 1 fully saturated rings. The molecule has 5 rings (SSSR count). The van der Waals surface area contributed by atoms with Crippen LogP contribution in [0.5, 0.6) is 11.5 Å². The first-order chi connectivity index (χ1) is 14.2. The molecule has 0 aliphatic carbocycles. The SMILES string of the molecule is COc1cc2c(cc1OC)[C@]1(c3ccccc3)[C@@H](c3ccccc3)C(=O)N1CS2. The fourth-order valence-electron chi connectivity index (χ4n) is 4.68. The molecule has 0 unspecified atom stereocenters. The van der Waals surface area contributed by atoms with Crippen LogP contribution in [-0.4, -0.2) is 30.9 Å². The highest BCUT2D eigenvalue weighted by molar-refractivity contribution is 7.99. The van der Waals surface area contributed by atoms with Gasteiger partial charge in [0.25, 0.3) is 0 Å². The van der Waals surface area contributed by atoms with E-state index in [1.807, 2.05) is 65.6 Å². The summed E-state index contributed by atoms with van der Waals surface area (Å²) in [5.74, 6) is 1.88. The fourth-order valence-corrected chi connectivity index (χ4v) is 5.84. The Bertz CT molecular complexity index is 1070. The van der Waals surface area contributed by atoms with E-state index < -0.39 is 5.54 Å². The zero-order valence-corrected chi connectivity index (χ0v) is 17.1. The molecule has 0 N–H and O–H groups in total. The van der Waals surface area contributed by atoms with Gasteiger partial charge < -0.3 is 14.4 Å². The zero-order valence-electron chi connectivity index (χ0n) is 16.3. The number of β-lactam (4-membered cyclic amide) rings is 1. The summed E-state index contributed by atoms with van der Waals surface area (Å²) in [4.78, 5) is 16.4. The first-order valence-corrected chi connectivity index (χ1v) is 10.5. The van der Waals surface area contributed by atoms with E-state index in [1.54, 1.807) is 26.0 Å². The quantitative estimate of drug-likeness (QED) is 0.595. The van der Waals surface area contributed by atoms with Crippen molar-refractivity contribution in [2.45, 2.75) is 16.4 Å². The van der Waals surface area contributed by atoms with Crippen molar-refractivity contribution in [2.75, 3.05) is 20.1 Å². The van der Waals surface area contributed by atoms with Crippen molar-refractivity contribution in [1.82, 2.24) is 4.90 Å². The third-order valence-electron chi connectivity index (χ3n) is 5.95. The van der Waals surface area contributed by atoms with E-state index in [0.29, 0.717) is 17.4 Å². The van der Waals surface area contributed by atoms with Crippen LogP contribution < -0.4 is 9.47 Å². The van der Waals surface area contributed by atoms with E-state index in [0.717, 1.165) is 21.6 Å². The summed E-state index contributed by atoms with van der Waals surface area (Å²) in [5, 5.41) is 0. The molecule has 3 aromatic rings. The Balaban J connectivity index is 1.81. The van der Waals surface area contributed by atoms with Crippen molar-refractivity contribution in [3.63, 3.8) is 0 Å². The number of fused-ring (bicyclic) bond motifs is 3. The second-order valence-corrected chi connectivity index (χ2v) is 8.21. The minimum Gasteiger partial charge on any atom is -0.493 e. The van der Waals surface area contributed by atoms with Crippen LogP contribution in [0.15, 0.2) is 77.7 Å². The first-order valence-electron chi connectivity index (χ1n) is 9.53. The van der Waals surface area contributed by atoms with Gasteiger partial charge in [0, 0.05) is 10.5 Å². The average Bonchev–Trinajstić information content (AvgIpc) is 2.78. The molecule has 2 aliphatic heterocycles. The van der Waals surface area contributed by atoms with Gasteiger partial charge in [-0.15, -0.1) is 11.8 Å². The number of thioether (sulfide) groups is 1. The van der Waals surface area contributed by atoms with Crippen LogP contribution in [0.4, 0.5) is 0 Å². The van der Waals surface area contributed by atoms with E-state index in [1.165, 1.54) is 0 Å². The lowest BCUT2D eigenvalue weighted by atomic mass is 9.62. The van der Waals surface area contributed by atoms with Gasteiger partial charge in [0.2, 0.25) is 5.91 Å². The maximum absolute atomic E-state index is 13.3. The molecule has 0 bridgehead atoms. The minimum atomic E-state index is -0.556. The summed E-state index contributed by atoms with van der Waals surface area (Å²) in [6.45, 7) is 0. The number of nitrogens with zero attached hydrogens (tertiary/aromatic N) is 1. The molecule has 29 heavy (non-hydrogen) atoms. The van der Waals surface area contributed by atoms with Gasteiger partial charge in [0.1, 0.15) is 5.54 Å². The molecule has 1 saturated heterocycles. The van der Waals surface area contributed by atoms with Crippen molar-refractivity contribution in [2.24, 2.45) is 0 Å². The summed E-state index contributed by atoms with van der Waals surface area (Å²) < 4.78 is 11.2. The van der Waals surface area contributed by atoms with Gasteiger partial charge in [-0.25, -0.2) is 0 Å². The van der Waals surface area contributed by atoms with Gasteiger partial charge in [-0.05, 0) is 23.3 Å². The van der Waals surface area contributed by atoms with E-state index in [9.17, 15) is 4.79 Å². The second kappa shape index (κ2) is 6.85. The molecule has 0 saturated carbocycles. The number of carbonyl (C=O) groups is 1. The molecule has 2 heterocycles. The Labute approximate surface area is 174 Å². The van der Waals surface area contributed by atoms with Crippen molar-refractivity contribution >= 4 is 17.7 Å². The van der Waals surface area contributed by atoms with Crippen molar-refractivity contribution in [1.29, 1.82) is 0 Å². The van der Waals surface area contributed by atoms with E-state index in [-0.39, 0.29) is 11.8 Å². The number of benzene rings is 3. The molecule has 1 amide bonds. The molecule has 2 aliphatic rings. The zero-order chi connectivity index (χ0) is 20.0. The fraction of sp³-hybridized carbons (Fsp3) is 0.208. The van der Waals surface area contributed by atoms with E-state index >= 15 is 0 Å². The lowest BCUT2D eigenvalue weighted by Crippen LogP contribution is -2.68. The summed E-state index contributed by atoms with van der Waals surface area (Å²) >= 11 is 1.66. The summed E-state index contributed by atoms with van der Waals surface area (Å²) in [7, 11) is 3.30. The van der Waals surface area contributed by atoms with Gasteiger partial charge in [0.05, 0.1) is 26.0 Å². The average molecular weight is 404 g/mol. The number of rotatable bonds is 4. The van der Waals surface area contributed by atoms with E-state index in [4.69, 9.17) is 9.47 Å². The molecule has 2 atom stereocenters. The van der Waals surface area contributed by atoms with Gasteiger partial charge >= 0.3 is 0 Å². The van der Waals surface area contributed by atoms with Crippen LogP contribution in [0.2, 0.25) is 0 Å². The number of hydrogen-bond acceptors (Lipinski definition) is 4. The molecule has 146 valence electrons. The number of ether oxygens (including phenoxy) is 2. The Morgan fingerprint density at radius 3 is 2.21 bits per heavy atom. The van der Waals surface area contributed by atoms with Crippen molar-refractivity contribution in [3.8, 4) is 11.5 Å². The predicted octanol–water partition coefficient (Wildman–Crippen LogP) is 4.64. The molecule has 3 aromatic carbocycles. The standard InChI is InChI=1S/C24H21NO3S/c1-27-19-13-18-21(14-20(19)28-2)29-15-25-23(26)22(16-9-5-3-6-10-16)24(18,25)17-11-7-4-8-12-17/h3-14,22H,15H2,1-2H3/t22-,24+/m0/s1. The number of carbonyl (C=O) groups excluding carboxylic acids is 1. The van der Waals surface area contributed by atoms with E-state index in [2.05, 4.69) is 12.1 Å². The molecule has 5 heteroatoms. The summed E-state index contributed by atoms with van der Waals surface area (Å²) in [5.41, 5.74) is 2.68. The maximum atomic E-state index is 13.3. The molecule has 0 radical (unpaired) electrons. The first kappa shape index (κ1) is 18.1. The smallest absolute Gasteiger partial charge is 0.234 e. The normalized spacial score (nSPS) is 22.3. The Hall–Kier alpha value is -2.92. The molecular formula is C24H21NO3S. The molecular weight excluding hydrogens is 382 g/mol. The third kappa shape index (κ3) is 2.43. The van der Waals surface area contributed by atoms with Gasteiger partial charge in [-0.2, -0.15) is 0 Å². The van der Waals surface area contributed by atoms with Crippen LogP contribution in [0.1, 0.15) is 22.6 Å². The minimum absolute atomic E-state index is 0.160. The Kier molecular flexibility index (Phi) is 4.28. The van der Waals surface area contributed by atoms with Gasteiger partial charge in [0.15, 0.2) is 11.5 Å². The number of methoxy groups -OCH3 is 2. The van der Waals surface area contributed by atoms with Gasteiger partial charge in [-0.3, -0.25) is 4.79 Å². The lowest BCUT2D eigenvalue weighted by Gasteiger charge is -2.60. The Morgan fingerprint density at radius 1 is 0.931 bits per heavy atom.